The number of aromatic nitrogens is 3. The Morgan fingerprint density at radius 2 is 2.46 bits per heavy atom. The number of nitrogens with one attached hydrogen (secondary N) is 1. The van der Waals surface area contributed by atoms with Gasteiger partial charge in [-0.2, -0.15) is 5.10 Å². The van der Waals surface area contributed by atoms with Crippen molar-refractivity contribution in [2.24, 2.45) is 11.1 Å². The highest BCUT2D eigenvalue weighted by atomic mass is 16.1. The molecule has 1 aliphatic carbocycles. The molecule has 0 saturated heterocycles. The maximum absolute atomic E-state index is 11.3. The van der Waals surface area contributed by atoms with Crippen LogP contribution >= 0.6 is 0 Å². The van der Waals surface area contributed by atoms with Gasteiger partial charge < -0.3 is 5.73 Å². The topological polar surface area (TPSA) is 76.7 Å². The molecule has 1 fully saturated rings. The van der Waals surface area contributed by atoms with E-state index in [9.17, 15) is 4.79 Å². The second-order valence-corrected chi connectivity index (χ2v) is 4.25. The molecule has 5 nitrogen and oxygen atoms in total. The maximum atomic E-state index is 11.3. The fourth-order valence-electron chi connectivity index (χ4n) is 1.89. The predicted octanol–water partition coefficient (Wildman–Crippen LogP) is -0.130. The van der Waals surface area contributed by atoms with Crippen molar-refractivity contribution in [2.75, 3.05) is 0 Å². The highest BCUT2D eigenvalue weighted by molar-refractivity contribution is 5.03. The fraction of sp³-hybridized carbons (Fsp3) is 0.750. The average molecular weight is 182 g/mol. The van der Waals surface area contributed by atoms with Crippen LogP contribution in [0, 0.1) is 5.41 Å². The lowest BCUT2D eigenvalue weighted by molar-refractivity contribution is 0.0453. The minimum absolute atomic E-state index is 0.00625. The van der Waals surface area contributed by atoms with Crippen molar-refractivity contribution < 1.29 is 0 Å². The van der Waals surface area contributed by atoms with Crippen LogP contribution in [-0.2, 0) is 0 Å². The van der Waals surface area contributed by atoms with Crippen molar-refractivity contribution in [1.29, 1.82) is 0 Å². The number of H-pyrrole nitrogens is 1. The first-order valence-corrected chi connectivity index (χ1v) is 4.40. The van der Waals surface area contributed by atoms with Crippen molar-refractivity contribution in [2.45, 2.75) is 32.4 Å². The Balaban J connectivity index is 2.31. The number of nitrogens with zero attached hydrogens (tertiary/aromatic N) is 2. The van der Waals surface area contributed by atoms with E-state index in [4.69, 9.17) is 5.73 Å². The van der Waals surface area contributed by atoms with Crippen LogP contribution in [0.2, 0.25) is 0 Å². The number of hydrogen-bond acceptors (Lipinski definition) is 3. The minimum Gasteiger partial charge on any atom is -0.327 e. The molecule has 1 aromatic rings. The van der Waals surface area contributed by atoms with E-state index in [1.165, 1.54) is 0 Å². The number of rotatable bonds is 1. The van der Waals surface area contributed by atoms with Gasteiger partial charge in [0.05, 0.1) is 0 Å². The smallest absolute Gasteiger partial charge is 0.327 e. The molecule has 1 aliphatic rings. The van der Waals surface area contributed by atoms with Crippen LogP contribution in [0.1, 0.15) is 26.3 Å². The summed E-state index contributed by atoms with van der Waals surface area (Å²) in [5, 5.41) is 6.09. The quantitative estimate of drug-likeness (QED) is 0.635. The van der Waals surface area contributed by atoms with Gasteiger partial charge in [0, 0.05) is 17.5 Å². The van der Waals surface area contributed by atoms with Crippen LogP contribution in [0.5, 0.6) is 0 Å². The van der Waals surface area contributed by atoms with E-state index in [-0.39, 0.29) is 23.2 Å². The summed E-state index contributed by atoms with van der Waals surface area (Å²) in [6.45, 7) is 4.15. The van der Waals surface area contributed by atoms with Crippen molar-refractivity contribution in [3.63, 3.8) is 0 Å². The molecule has 13 heavy (non-hydrogen) atoms. The third-order valence-corrected chi connectivity index (χ3v) is 3.20. The molecule has 2 atom stereocenters. The third-order valence-electron chi connectivity index (χ3n) is 3.20. The molecule has 0 radical (unpaired) electrons. The summed E-state index contributed by atoms with van der Waals surface area (Å²) < 4.78 is 1.63. The van der Waals surface area contributed by atoms with Crippen LogP contribution in [0.3, 0.4) is 0 Å². The van der Waals surface area contributed by atoms with E-state index in [2.05, 4.69) is 24.0 Å². The lowest BCUT2D eigenvalue weighted by atomic mass is 9.63. The standard InChI is InChI=1S/C8H14N4O/c1-8(2)5(9)3-6(8)12-4-10-11-7(12)13/h4-6H,3,9H2,1-2H3,(H,11,13). The molecular weight excluding hydrogens is 168 g/mol. The molecule has 2 unspecified atom stereocenters. The van der Waals surface area contributed by atoms with Crippen LogP contribution in [0.4, 0.5) is 0 Å². The second-order valence-electron chi connectivity index (χ2n) is 4.25. The van der Waals surface area contributed by atoms with Gasteiger partial charge in [-0.1, -0.05) is 13.8 Å². The fourth-order valence-corrected chi connectivity index (χ4v) is 1.89. The van der Waals surface area contributed by atoms with E-state index >= 15 is 0 Å². The monoisotopic (exact) mass is 182 g/mol. The minimum atomic E-state index is -0.148. The Labute approximate surface area is 75.9 Å². The Morgan fingerprint density at radius 3 is 2.85 bits per heavy atom. The lowest BCUT2D eigenvalue weighted by Gasteiger charge is -2.50. The van der Waals surface area contributed by atoms with Crippen LogP contribution in [-0.4, -0.2) is 20.8 Å². The number of nitrogens with two attached hydrogens (primary N) is 1. The largest absolute Gasteiger partial charge is 0.343 e. The average Bonchev–Trinajstić information content (AvgIpc) is 2.47. The van der Waals surface area contributed by atoms with Crippen LogP contribution in [0.25, 0.3) is 0 Å². The van der Waals surface area contributed by atoms with Gasteiger partial charge in [-0.25, -0.2) is 9.89 Å². The molecular formula is C8H14N4O. The van der Waals surface area contributed by atoms with Gasteiger partial charge in [-0.05, 0) is 6.42 Å². The molecule has 0 aliphatic heterocycles. The van der Waals surface area contributed by atoms with Gasteiger partial charge in [0.2, 0.25) is 0 Å². The summed E-state index contributed by atoms with van der Waals surface area (Å²) in [5.41, 5.74) is 5.70. The molecule has 72 valence electrons. The summed E-state index contributed by atoms with van der Waals surface area (Å²) in [4.78, 5) is 11.3. The van der Waals surface area contributed by atoms with Crippen molar-refractivity contribution in [3.05, 3.63) is 16.8 Å². The summed E-state index contributed by atoms with van der Waals surface area (Å²) in [7, 11) is 0. The van der Waals surface area contributed by atoms with Gasteiger partial charge in [0.1, 0.15) is 6.33 Å². The summed E-state index contributed by atoms with van der Waals surface area (Å²) in [6, 6.07) is 0.369. The third kappa shape index (κ3) is 1.03. The zero-order valence-corrected chi connectivity index (χ0v) is 7.82. The van der Waals surface area contributed by atoms with Crippen molar-refractivity contribution in [3.8, 4) is 0 Å². The number of aromatic amines is 1. The summed E-state index contributed by atoms with van der Waals surface area (Å²) in [5.74, 6) is 0. The molecule has 2 rings (SSSR count). The summed E-state index contributed by atoms with van der Waals surface area (Å²) >= 11 is 0. The molecule has 5 heteroatoms. The Kier molecular flexibility index (Phi) is 1.60. The first-order valence-electron chi connectivity index (χ1n) is 4.40. The molecule has 3 N–H and O–H groups in total. The first kappa shape index (κ1) is 8.50. The highest BCUT2D eigenvalue weighted by Crippen LogP contribution is 2.47. The molecule has 1 heterocycles. The molecule has 0 bridgehead atoms. The van der Waals surface area contributed by atoms with E-state index in [1.807, 2.05) is 0 Å². The van der Waals surface area contributed by atoms with E-state index in [1.54, 1.807) is 10.9 Å². The van der Waals surface area contributed by atoms with Gasteiger partial charge >= 0.3 is 5.69 Å². The van der Waals surface area contributed by atoms with E-state index < -0.39 is 0 Å². The molecule has 0 aromatic carbocycles. The highest BCUT2D eigenvalue weighted by Gasteiger charge is 2.47. The van der Waals surface area contributed by atoms with Crippen LogP contribution in [0.15, 0.2) is 11.1 Å². The molecule has 0 amide bonds. The normalized spacial score (nSPS) is 31.3. The van der Waals surface area contributed by atoms with Crippen molar-refractivity contribution >= 4 is 0 Å². The molecule has 0 spiro atoms. The lowest BCUT2D eigenvalue weighted by Crippen LogP contribution is -2.56. The van der Waals surface area contributed by atoms with Crippen molar-refractivity contribution in [1.82, 2.24) is 14.8 Å². The summed E-state index contributed by atoms with van der Waals surface area (Å²) in [6.07, 6.45) is 2.40. The van der Waals surface area contributed by atoms with E-state index in [0.29, 0.717) is 0 Å². The maximum Gasteiger partial charge on any atom is 0.343 e. The zero-order valence-electron chi connectivity index (χ0n) is 7.82. The van der Waals surface area contributed by atoms with Gasteiger partial charge in [0.15, 0.2) is 0 Å². The van der Waals surface area contributed by atoms with Gasteiger partial charge in [-0.3, -0.25) is 4.57 Å². The van der Waals surface area contributed by atoms with Gasteiger partial charge in [0.25, 0.3) is 0 Å². The van der Waals surface area contributed by atoms with Crippen LogP contribution < -0.4 is 11.4 Å². The van der Waals surface area contributed by atoms with E-state index in [0.717, 1.165) is 6.42 Å². The Morgan fingerprint density at radius 1 is 1.77 bits per heavy atom. The SMILES string of the molecule is CC1(C)C(N)CC1n1cn[nH]c1=O. The molecule has 1 aromatic heterocycles. The first-order chi connectivity index (χ1) is 6.03. The molecule has 1 saturated carbocycles. The predicted molar refractivity (Wildman–Crippen MR) is 48.3 cm³/mol. The Bertz CT molecular complexity index is 364. The second kappa shape index (κ2) is 2.45. The Hall–Kier alpha value is -1.10. The zero-order chi connectivity index (χ0) is 9.64. The van der Waals surface area contributed by atoms with Gasteiger partial charge in [-0.15, -0.1) is 0 Å². The number of hydrogen-bond donors (Lipinski definition) is 2.